The zero-order valence-corrected chi connectivity index (χ0v) is 12.7. The average molecular weight is 317 g/mol. The van der Waals surface area contributed by atoms with Crippen molar-refractivity contribution in [3.8, 4) is 6.07 Å². The van der Waals surface area contributed by atoms with E-state index in [0.717, 1.165) is 31.1 Å². The van der Waals surface area contributed by atoms with E-state index in [1.807, 2.05) is 6.07 Å². The number of ketones is 1. The highest BCUT2D eigenvalue weighted by Gasteiger charge is 2.19. The van der Waals surface area contributed by atoms with Crippen LogP contribution in [0, 0.1) is 11.3 Å². The second-order valence-corrected chi connectivity index (χ2v) is 5.74. The Kier molecular flexibility index (Phi) is 5.55. The smallest absolute Gasteiger partial charge is 0.313 e. The molecule has 0 saturated carbocycles. The highest BCUT2D eigenvalue weighted by atomic mass is 32.2. The van der Waals surface area contributed by atoms with Gasteiger partial charge in [-0.2, -0.15) is 5.26 Å². The number of pyridine rings is 1. The number of nitrogens with zero attached hydrogens (tertiary/aromatic N) is 2. The third kappa shape index (κ3) is 4.09. The fourth-order valence-electron chi connectivity index (χ4n) is 2.10. The lowest BCUT2D eigenvalue weighted by Crippen LogP contribution is -2.23. The van der Waals surface area contributed by atoms with Crippen LogP contribution in [0.3, 0.4) is 0 Å². The lowest BCUT2D eigenvalue weighted by molar-refractivity contribution is -0.133. The molecule has 0 bridgehead atoms. The monoisotopic (exact) mass is 317 g/mol. The van der Waals surface area contributed by atoms with E-state index in [1.165, 1.54) is 6.20 Å². The van der Waals surface area contributed by atoms with Gasteiger partial charge in [-0.05, 0) is 31.4 Å². The number of rotatable bonds is 5. The molecule has 0 aliphatic carbocycles. The van der Waals surface area contributed by atoms with E-state index in [2.05, 4.69) is 10.3 Å². The van der Waals surface area contributed by atoms with Gasteiger partial charge in [-0.3, -0.25) is 9.59 Å². The van der Waals surface area contributed by atoms with Crippen molar-refractivity contribution in [2.45, 2.75) is 24.3 Å². The van der Waals surface area contributed by atoms with E-state index in [-0.39, 0.29) is 17.1 Å². The minimum absolute atomic E-state index is 0.0856. The molecule has 0 spiro atoms. The molecular weight excluding hydrogens is 302 g/mol. The largest absolute Gasteiger partial charge is 0.481 e. The van der Waals surface area contributed by atoms with Gasteiger partial charge in [0, 0.05) is 24.0 Å². The summed E-state index contributed by atoms with van der Waals surface area (Å²) >= 11 is 1.08. The molecule has 0 radical (unpaired) electrons. The van der Waals surface area contributed by atoms with Gasteiger partial charge in [-0.1, -0.05) is 11.8 Å². The molecule has 1 aliphatic rings. The molecule has 114 valence electrons. The van der Waals surface area contributed by atoms with Crippen molar-refractivity contribution in [3.63, 3.8) is 0 Å². The van der Waals surface area contributed by atoms with Crippen LogP contribution in [0.5, 0.6) is 0 Å². The van der Waals surface area contributed by atoms with Crippen molar-refractivity contribution < 1.29 is 14.7 Å². The molecule has 7 heteroatoms. The van der Waals surface area contributed by atoms with Crippen LogP contribution in [0.15, 0.2) is 34.6 Å². The molecular formula is C15H15N3O3S. The zero-order valence-electron chi connectivity index (χ0n) is 11.8. The van der Waals surface area contributed by atoms with Crippen LogP contribution < -0.4 is 5.32 Å². The number of nitrogens with one attached hydrogen (secondary N) is 1. The molecule has 1 fully saturated rings. The van der Waals surface area contributed by atoms with Crippen LogP contribution in [0.25, 0.3) is 0 Å². The molecule has 0 atom stereocenters. The second-order valence-electron chi connectivity index (χ2n) is 4.75. The standard InChI is InChI=1S/C15H15N3O3S/c16-7-11(12-3-1-2-6-17-12)15(21)10-4-5-13(18-8-10)22-9-14(19)20/h4-5,8,17H,1-3,6,9H2,(H,19,20)/b12-11+. The Hall–Kier alpha value is -2.33. The van der Waals surface area contributed by atoms with Gasteiger partial charge in [0.1, 0.15) is 11.6 Å². The summed E-state index contributed by atoms with van der Waals surface area (Å²) in [6.07, 6.45) is 4.08. The van der Waals surface area contributed by atoms with E-state index < -0.39 is 5.97 Å². The van der Waals surface area contributed by atoms with E-state index >= 15 is 0 Å². The highest BCUT2D eigenvalue weighted by molar-refractivity contribution is 7.99. The second kappa shape index (κ2) is 7.61. The number of piperidine rings is 1. The van der Waals surface area contributed by atoms with Crippen molar-refractivity contribution in [3.05, 3.63) is 35.2 Å². The molecule has 0 aromatic carbocycles. The van der Waals surface area contributed by atoms with Gasteiger partial charge in [-0.25, -0.2) is 4.98 Å². The molecule has 2 heterocycles. The number of thioether (sulfide) groups is 1. The summed E-state index contributed by atoms with van der Waals surface area (Å²) in [5.41, 5.74) is 1.16. The van der Waals surface area contributed by atoms with E-state index in [9.17, 15) is 14.9 Å². The van der Waals surface area contributed by atoms with E-state index in [0.29, 0.717) is 22.7 Å². The fourth-order valence-corrected chi connectivity index (χ4v) is 2.67. The molecule has 2 N–H and O–H groups in total. The Bertz CT molecular complexity index is 639. The molecule has 1 saturated heterocycles. The van der Waals surface area contributed by atoms with Crippen molar-refractivity contribution >= 4 is 23.5 Å². The SMILES string of the molecule is N#C/C(C(=O)c1ccc(SCC(=O)O)nc1)=C1/CCCCN1. The minimum atomic E-state index is -0.924. The Morgan fingerprint density at radius 1 is 1.41 bits per heavy atom. The minimum Gasteiger partial charge on any atom is -0.481 e. The maximum atomic E-state index is 12.4. The zero-order chi connectivity index (χ0) is 15.9. The van der Waals surface area contributed by atoms with Gasteiger partial charge < -0.3 is 10.4 Å². The first-order valence-corrected chi connectivity index (χ1v) is 7.83. The number of Topliss-reactive ketones (excluding diaryl/α,β-unsaturated/α-hetero) is 1. The van der Waals surface area contributed by atoms with Gasteiger partial charge in [-0.15, -0.1) is 0 Å². The number of carboxylic acid groups (broad SMARTS) is 1. The summed E-state index contributed by atoms with van der Waals surface area (Å²) in [4.78, 5) is 27.0. The van der Waals surface area contributed by atoms with Crippen LogP contribution in [0.4, 0.5) is 0 Å². The maximum absolute atomic E-state index is 12.4. The van der Waals surface area contributed by atoms with Crippen LogP contribution in [-0.2, 0) is 4.79 Å². The molecule has 0 unspecified atom stereocenters. The highest BCUT2D eigenvalue weighted by Crippen LogP contribution is 2.20. The number of aromatic nitrogens is 1. The summed E-state index contributed by atoms with van der Waals surface area (Å²) in [6.45, 7) is 0.775. The summed E-state index contributed by atoms with van der Waals surface area (Å²) < 4.78 is 0. The first-order chi connectivity index (χ1) is 10.6. The summed E-state index contributed by atoms with van der Waals surface area (Å²) in [6, 6.07) is 5.14. The number of allylic oxidation sites excluding steroid dienone is 2. The number of hydrogen-bond donors (Lipinski definition) is 2. The first-order valence-electron chi connectivity index (χ1n) is 6.84. The third-order valence-corrected chi connectivity index (χ3v) is 4.10. The lowest BCUT2D eigenvalue weighted by atomic mass is 9.99. The molecule has 1 aromatic rings. The Balaban J connectivity index is 2.14. The van der Waals surface area contributed by atoms with Gasteiger partial charge in [0.05, 0.1) is 10.8 Å². The third-order valence-electron chi connectivity index (χ3n) is 3.17. The normalized spacial score (nSPS) is 16.3. The average Bonchev–Trinajstić information content (AvgIpc) is 2.55. The van der Waals surface area contributed by atoms with E-state index in [4.69, 9.17) is 5.11 Å². The molecule has 1 aromatic heterocycles. The number of nitriles is 1. The van der Waals surface area contributed by atoms with Gasteiger partial charge >= 0.3 is 5.97 Å². The van der Waals surface area contributed by atoms with Crippen molar-refractivity contribution in [1.29, 1.82) is 5.26 Å². The predicted molar refractivity (Wildman–Crippen MR) is 81.4 cm³/mol. The Labute approximate surface area is 132 Å². The Morgan fingerprint density at radius 2 is 2.23 bits per heavy atom. The number of carbonyl (C=O) groups excluding carboxylic acids is 1. The molecule has 6 nitrogen and oxygen atoms in total. The number of carbonyl (C=O) groups is 2. The topological polar surface area (TPSA) is 103 Å². The lowest BCUT2D eigenvalue weighted by Gasteiger charge is -2.17. The van der Waals surface area contributed by atoms with Crippen molar-refractivity contribution in [2.75, 3.05) is 12.3 Å². The van der Waals surface area contributed by atoms with Crippen LogP contribution >= 0.6 is 11.8 Å². The van der Waals surface area contributed by atoms with Gasteiger partial charge in [0.25, 0.3) is 0 Å². The number of hydrogen-bond acceptors (Lipinski definition) is 6. The van der Waals surface area contributed by atoms with Crippen LogP contribution in [0.1, 0.15) is 29.6 Å². The number of carboxylic acids is 1. The summed E-state index contributed by atoms with van der Waals surface area (Å²) in [7, 11) is 0. The Morgan fingerprint density at radius 3 is 2.77 bits per heavy atom. The van der Waals surface area contributed by atoms with Gasteiger partial charge in [0.15, 0.2) is 0 Å². The fraction of sp³-hybridized carbons (Fsp3) is 0.333. The van der Waals surface area contributed by atoms with E-state index in [1.54, 1.807) is 12.1 Å². The summed E-state index contributed by atoms with van der Waals surface area (Å²) in [5.74, 6) is -1.36. The summed E-state index contributed by atoms with van der Waals surface area (Å²) in [5, 5.41) is 21.5. The molecule has 0 amide bonds. The maximum Gasteiger partial charge on any atom is 0.313 e. The first kappa shape index (κ1) is 16.0. The molecule has 1 aliphatic heterocycles. The molecule has 22 heavy (non-hydrogen) atoms. The number of aliphatic carboxylic acids is 1. The van der Waals surface area contributed by atoms with Gasteiger partial charge in [0.2, 0.25) is 5.78 Å². The van der Waals surface area contributed by atoms with Crippen LogP contribution in [-0.4, -0.2) is 34.1 Å². The quantitative estimate of drug-likeness (QED) is 0.370. The van der Waals surface area contributed by atoms with Crippen LogP contribution in [0.2, 0.25) is 0 Å². The van der Waals surface area contributed by atoms with Crippen molar-refractivity contribution in [2.24, 2.45) is 0 Å². The molecule has 2 rings (SSSR count). The van der Waals surface area contributed by atoms with Crippen molar-refractivity contribution in [1.82, 2.24) is 10.3 Å². The predicted octanol–water partition coefficient (Wildman–Crippen LogP) is 1.99.